The zero-order chi connectivity index (χ0) is 22.1. The average Bonchev–Trinajstić information content (AvgIpc) is 2.71. The van der Waals surface area contributed by atoms with E-state index in [1.165, 1.54) is 12.1 Å². The van der Waals surface area contributed by atoms with E-state index in [2.05, 4.69) is 4.74 Å². The first-order valence-electron chi connectivity index (χ1n) is 8.53. The quantitative estimate of drug-likeness (QED) is 0.303. The average molecular weight is 426 g/mol. The van der Waals surface area contributed by atoms with E-state index in [0.717, 1.165) is 55.5 Å². The summed E-state index contributed by atoms with van der Waals surface area (Å²) in [6.07, 6.45) is -3.79. The van der Waals surface area contributed by atoms with Crippen molar-refractivity contribution in [1.29, 1.82) is 0 Å². The second-order valence-electron chi connectivity index (χ2n) is 6.32. The number of alkyl halides is 2. The zero-order valence-electron chi connectivity index (χ0n) is 15.3. The maximum atomic E-state index is 14.4. The van der Waals surface area contributed by atoms with Gasteiger partial charge in [0.05, 0.1) is 5.56 Å². The number of hydrogen-bond donors (Lipinski definition) is 0. The predicted molar refractivity (Wildman–Crippen MR) is 97.5 cm³/mol. The molecule has 0 bridgehead atoms. The molecule has 3 aromatic rings. The van der Waals surface area contributed by atoms with Crippen molar-refractivity contribution in [3.63, 3.8) is 0 Å². The number of allylic oxidation sites excluding steroid dienone is 1. The Morgan fingerprint density at radius 2 is 1.30 bits per heavy atom. The van der Waals surface area contributed by atoms with Gasteiger partial charge in [0, 0.05) is 5.56 Å². The largest absolute Gasteiger partial charge is 0.429 e. The highest BCUT2D eigenvalue weighted by Crippen LogP contribution is 2.34. The van der Waals surface area contributed by atoms with Crippen LogP contribution in [-0.4, -0.2) is 0 Å². The molecule has 3 rings (SSSR count). The number of rotatable bonds is 5. The lowest BCUT2D eigenvalue weighted by Gasteiger charge is -2.19. The summed E-state index contributed by atoms with van der Waals surface area (Å²) in [5.41, 5.74) is -0.547. The van der Waals surface area contributed by atoms with E-state index >= 15 is 0 Å². The van der Waals surface area contributed by atoms with Gasteiger partial charge in [-0.05, 0) is 66.6 Å². The van der Waals surface area contributed by atoms with Crippen molar-refractivity contribution in [2.45, 2.75) is 13.0 Å². The second-order valence-corrected chi connectivity index (χ2v) is 6.32. The Balaban J connectivity index is 1.81. The van der Waals surface area contributed by atoms with Crippen molar-refractivity contribution in [2.75, 3.05) is 0 Å². The number of halogens is 7. The van der Waals surface area contributed by atoms with Crippen LogP contribution in [-0.2, 0) is 6.11 Å². The molecule has 1 nitrogen and oxygen atoms in total. The fraction of sp³-hybridized carbons (Fsp3) is 0.0909. The van der Waals surface area contributed by atoms with E-state index in [1.54, 1.807) is 0 Å². The molecule has 0 heterocycles. The Hall–Kier alpha value is -3.29. The van der Waals surface area contributed by atoms with Crippen molar-refractivity contribution in [2.24, 2.45) is 0 Å². The first kappa shape index (κ1) is 21.4. The minimum atomic E-state index is -3.79. The third-order valence-electron chi connectivity index (χ3n) is 4.19. The molecule has 0 aromatic heterocycles. The lowest BCUT2D eigenvalue weighted by Crippen LogP contribution is -2.21. The minimum Gasteiger partial charge on any atom is -0.429 e. The first-order chi connectivity index (χ1) is 14.1. The van der Waals surface area contributed by atoms with Crippen LogP contribution in [0.5, 0.6) is 5.75 Å². The summed E-state index contributed by atoms with van der Waals surface area (Å²) in [6.45, 7) is 0.923. The predicted octanol–water partition coefficient (Wildman–Crippen LogP) is 7.53. The summed E-state index contributed by atoms with van der Waals surface area (Å²) in [5, 5.41) is 0. The molecule has 0 unspecified atom stereocenters. The molecule has 0 aliphatic rings. The Morgan fingerprint density at radius 3 is 1.80 bits per heavy atom. The van der Waals surface area contributed by atoms with Crippen molar-refractivity contribution < 1.29 is 35.5 Å². The summed E-state index contributed by atoms with van der Waals surface area (Å²) in [7, 11) is 0. The molecule has 0 N–H and O–H groups in total. The smallest absolute Gasteiger partial charge is 0.426 e. The highest BCUT2D eigenvalue weighted by Gasteiger charge is 2.34. The minimum absolute atomic E-state index is 0.0315. The van der Waals surface area contributed by atoms with Gasteiger partial charge >= 0.3 is 6.11 Å². The van der Waals surface area contributed by atoms with E-state index in [4.69, 9.17) is 0 Å². The lowest BCUT2D eigenvalue weighted by atomic mass is 10.0. The Morgan fingerprint density at radius 1 is 0.767 bits per heavy atom. The van der Waals surface area contributed by atoms with E-state index in [0.29, 0.717) is 0 Å². The van der Waals surface area contributed by atoms with Crippen LogP contribution >= 0.6 is 0 Å². The van der Waals surface area contributed by atoms with Gasteiger partial charge in [-0.1, -0.05) is 12.1 Å². The normalized spacial score (nSPS) is 12.5. The number of benzene rings is 3. The van der Waals surface area contributed by atoms with E-state index in [-0.39, 0.29) is 22.4 Å². The molecule has 156 valence electrons. The van der Waals surface area contributed by atoms with Crippen LogP contribution in [0.1, 0.15) is 18.1 Å². The van der Waals surface area contributed by atoms with E-state index in [9.17, 15) is 30.7 Å². The Kier molecular flexibility index (Phi) is 5.87. The number of hydrogen-bond acceptors (Lipinski definition) is 1. The van der Waals surface area contributed by atoms with Crippen LogP contribution in [0.3, 0.4) is 0 Å². The van der Waals surface area contributed by atoms with Gasteiger partial charge in [-0.2, -0.15) is 8.78 Å². The summed E-state index contributed by atoms with van der Waals surface area (Å²) >= 11 is 0. The maximum absolute atomic E-state index is 14.4. The monoisotopic (exact) mass is 426 g/mol. The molecule has 0 amide bonds. The summed E-state index contributed by atoms with van der Waals surface area (Å²) < 4.78 is 99.6. The third-order valence-corrected chi connectivity index (χ3v) is 4.19. The zero-order valence-corrected chi connectivity index (χ0v) is 15.3. The molecular formula is C22H13F7O. The van der Waals surface area contributed by atoms with Gasteiger partial charge in [0.1, 0.15) is 11.6 Å². The summed E-state index contributed by atoms with van der Waals surface area (Å²) in [4.78, 5) is 0. The van der Waals surface area contributed by atoms with Gasteiger partial charge in [-0.3, -0.25) is 0 Å². The highest BCUT2D eigenvalue weighted by molar-refractivity contribution is 5.64. The highest BCUT2D eigenvalue weighted by atomic mass is 19.3. The molecule has 0 aliphatic heterocycles. The van der Waals surface area contributed by atoms with Gasteiger partial charge in [-0.15, -0.1) is 0 Å². The molecule has 30 heavy (non-hydrogen) atoms. The molecule has 0 spiro atoms. The van der Waals surface area contributed by atoms with Crippen LogP contribution < -0.4 is 4.74 Å². The molecule has 0 atom stereocenters. The fourth-order valence-electron chi connectivity index (χ4n) is 2.65. The van der Waals surface area contributed by atoms with E-state index in [1.807, 2.05) is 0 Å². The van der Waals surface area contributed by atoms with Crippen LogP contribution in [0, 0.1) is 17.5 Å². The van der Waals surface area contributed by atoms with Crippen LogP contribution in [0.15, 0.2) is 66.5 Å². The number of ether oxygens (including phenoxy) is 1. The van der Waals surface area contributed by atoms with Crippen molar-refractivity contribution in [3.8, 4) is 16.9 Å². The molecule has 0 saturated heterocycles. The molecule has 0 saturated carbocycles. The molecule has 3 aromatic carbocycles. The first-order valence-corrected chi connectivity index (χ1v) is 8.53. The van der Waals surface area contributed by atoms with E-state index < -0.39 is 40.8 Å². The molecular weight excluding hydrogens is 413 g/mol. The second kappa shape index (κ2) is 8.22. The van der Waals surface area contributed by atoms with Gasteiger partial charge in [-0.25, -0.2) is 22.0 Å². The van der Waals surface area contributed by atoms with Crippen LogP contribution in [0.25, 0.3) is 17.0 Å². The summed E-state index contributed by atoms with van der Waals surface area (Å²) in [5.74, 6) is -6.88. The van der Waals surface area contributed by atoms with Crippen LogP contribution in [0.2, 0.25) is 0 Å². The molecule has 8 heteroatoms. The molecule has 0 aliphatic carbocycles. The maximum Gasteiger partial charge on any atom is 0.426 e. The van der Waals surface area contributed by atoms with Gasteiger partial charge < -0.3 is 4.74 Å². The summed E-state index contributed by atoms with van der Waals surface area (Å²) in [6, 6.07) is 10.1. The van der Waals surface area contributed by atoms with Gasteiger partial charge in [0.25, 0.3) is 0 Å². The van der Waals surface area contributed by atoms with Crippen LogP contribution in [0.4, 0.5) is 30.7 Å². The van der Waals surface area contributed by atoms with Crippen molar-refractivity contribution >= 4 is 5.83 Å². The Bertz CT molecular complexity index is 1060. The van der Waals surface area contributed by atoms with Crippen molar-refractivity contribution in [1.82, 2.24) is 0 Å². The SMILES string of the molecule is C/C(F)=C(\F)c1ccc(OC(F)(F)c2ccc(-c3cc(F)c(F)c(F)c3)cc2)cc1. The Labute approximate surface area is 167 Å². The van der Waals surface area contributed by atoms with Crippen molar-refractivity contribution in [3.05, 3.63) is 95.1 Å². The standard InChI is InChI=1S/C22H13F7O/c1-12(23)20(26)14-4-8-17(9-5-14)30-22(28,29)16-6-2-13(3-7-16)15-10-18(24)21(27)19(25)11-15/h2-11H,1H3/b20-12+. The van der Waals surface area contributed by atoms with Gasteiger partial charge in [0.2, 0.25) is 0 Å². The lowest BCUT2D eigenvalue weighted by molar-refractivity contribution is -0.185. The fourth-order valence-corrected chi connectivity index (χ4v) is 2.65. The van der Waals surface area contributed by atoms with Gasteiger partial charge in [0.15, 0.2) is 23.3 Å². The molecule has 0 radical (unpaired) electrons. The third kappa shape index (κ3) is 4.48. The molecule has 0 fully saturated rings. The topological polar surface area (TPSA) is 9.23 Å².